The van der Waals surface area contributed by atoms with E-state index < -0.39 is 46.4 Å². The van der Waals surface area contributed by atoms with Gasteiger partial charge in [0.1, 0.15) is 6.04 Å². The number of nitrogens with two attached hydrogens (primary N) is 1. The Bertz CT molecular complexity index is 704. The summed E-state index contributed by atoms with van der Waals surface area (Å²) in [6.45, 7) is 2.96. The fraction of sp³-hybridized carbons (Fsp3) is 0.545. The molecule has 5 N–H and O–H groups in total. The third-order valence-electron chi connectivity index (χ3n) is 3.46. The van der Waals surface area contributed by atoms with Crippen LogP contribution in [0.15, 0.2) is 11.6 Å². The topological polar surface area (TPSA) is 171 Å². The number of carbonyl (C=O) groups is 3. The maximum absolute atomic E-state index is 12.2. The minimum atomic E-state index is -4.89. The van der Waals surface area contributed by atoms with E-state index in [-0.39, 0.29) is 6.54 Å². The molecule has 2 aliphatic heterocycles. The molecule has 4 amide bonds. The number of fused-ring (bicyclic) bond motifs is 2. The second-order valence-corrected chi connectivity index (χ2v) is 6.42. The van der Waals surface area contributed by atoms with Gasteiger partial charge in [0.05, 0.1) is 18.6 Å². The zero-order chi connectivity index (χ0) is 18.2. The Balaban J connectivity index is 2.13. The van der Waals surface area contributed by atoms with Crippen LogP contribution in [0.3, 0.4) is 0 Å². The lowest BCUT2D eigenvalue weighted by atomic mass is 10.0. The van der Waals surface area contributed by atoms with E-state index in [9.17, 15) is 22.8 Å². The third-order valence-corrected chi connectivity index (χ3v) is 3.81. The van der Waals surface area contributed by atoms with Crippen LogP contribution in [-0.4, -0.2) is 65.4 Å². The molecule has 0 aromatic heterocycles. The fourth-order valence-electron chi connectivity index (χ4n) is 2.44. The number of rotatable bonds is 4. The van der Waals surface area contributed by atoms with Crippen molar-refractivity contribution in [1.82, 2.24) is 20.8 Å². The van der Waals surface area contributed by atoms with Gasteiger partial charge in [-0.15, -0.1) is 4.28 Å². The molecule has 1 saturated heterocycles. The third kappa shape index (κ3) is 3.64. The van der Waals surface area contributed by atoms with Crippen LogP contribution < -0.4 is 16.6 Å². The quantitative estimate of drug-likeness (QED) is 0.244. The first kappa shape index (κ1) is 18.1. The number of hydrogen-bond acceptors (Lipinski definition) is 7. The second-order valence-electron chi connectivity index (χ2n) is 5.41. The summed E-state index contributed by atoms with van der Waals surface area (Å²) in [7, 11) is -4.89. The van der Waals surface area contributed by atoms with Gasteiger partial charge in [-0.05, 0) is 19.4 Å². The molecule has 134 valence electrons. The van der Waals surface area contributed by atoms with Crippen LogP contribution in [0.4, 0.5) is 4.79 Å². The van der Waals surface area contributed by atoms with Crippen molar-refractivity contribution in [1.29, 1.82) is 0 Å². The molecule has 0 spiro atoms. The Labute approximate surface area is 137 Å². The summed E-state index contributed by atoms with van der Waals surface area (Å²) in [6, 6.07) is -3.60. The molecular formula is C11H17N5O7S. The highest BCUT2D eigenvalue weighted by molar-refractivity contribution is 7.80. The normalized spacial score (nSPS) is 24.5. The molecule has 0 saturated carbocycles. The fourth-order valence-corrected chi connectivity index (χ4v) is 2.82. The van der Waals surface area contributed by atoms with Crippen molar-refractivity contribution in [3.8, 4) is 0 Å². The first-order chi connectivity index (χ1) is 11.0. The Morgan fingerprint density at radius 1 is 1.46 bits per heavy atom. The number of hydrazine groups is 1. The van der Waals surface area contributed by atoms with E-state index in [1.54, 1.807) is 6.92 Å². The van der Waals surface area contributed by atoms with E-state index in [0.29, 0.717) is 10.6 Å². The summed E-state index contributed by atoms with van der Waals surface area (Å²) < 4.78 is 34.6. The lowest BCUT2D eigenvalue weighted by molar-refractivity contribution is -0.131. The Kier molecular flexibility index (Phi) is 4.80. The van der Waals surface area contributed by atoms with E-state index >= 15 is 0 Å². The van der Waals surface area contributed by atoms with Crippen LogP contribution in [0.2, 0.25) is 0 Å². The lowest BCUT2D eigenvalue weighted by Crippen LogP contribution is -2.56. The number of urea groups is 1. The number of nitrogens with one attached hydrogen (secondary N) is 2. The van der Waals surface area contributed by atoms with Crippen molar-refractivity contribution in [3.63, 3.8) is 0 Å². The molecule has 2 heterocycles. The van der Waals surface area contributed by atoms with Crippen LogP contribution in [0.5, 0.6) is 0 Å². The van der Waals surface area contributed by atoms with Crippen LogP contribution in [0, 0.1) is 0 Å². The Morgan fingerprint density at radius 3 is 2.62 bits per heavy atom. The van der Waals surface area contributed by atoms with Crippen molar-refractivity contribution in [2.75, 3.05) is 6.54 Å². The van der Waals surface area contributed by atoms with Gasteiger partial charge < -0.3 is 10.6 Å². The molecule has 0 aromatic rings. The standard InChI is InChI=1S/C11H17N5O7S/c1-5-3-7-4-15(11(19)16(7)23-24(20,21)22)8(5)10(18)14-13-9(17)6(2)12/h3,6-8H,4,12H2,1-2H3,(H,13,17)(H,14,18)(H,20,21,22)/t6-,7+,8-/m0/s1. The van der Waals surface area contributed by atoms with Gasteiger partial charge in [-0.2, -0.15) is 13.5 Å². The van der Waals surface area contributed by atoms with Gasteiger partial charge in [-0.1, -0.05) is 6.08 Å². The maximum atomic E-state index is 12.2. The molecule has 12 nitrogen and oxygen atoms in total. The van der Waals surface area contributed by atoms with E-state index in [4.69, 9.17) is 10.3 Å². The SMILES string of the molecule is CC1=C[C@@H]2CN(C(=O)N2OS(=O)(=O)O)[C@@H]1C(=O)NNC(=O)[C@H](C)N. The lowest BCUT2D eigenvalue weighted by Gasteiger charge is -2.29. The van der Waals surface area contributed by atoms with Crippen molar-refractivity contribution >= 4 is 28.2 Å². The summed E-state index contributed by atoms with van der Waals surface area (Å²) in [5.74, 6) is -1.33. The number of hydrogen-bond donors (Lipinski definition) is 4. The zero-order valence-electron chi connectivity index (χ0n) is 12.8. The van der Waals surface area contributed by atoms with E-state index in [1.165, 1.54) is 13.0 Å². The zero-order valence-corrected chi connectivity index (χ0v) is 13.6. The molecule has 2 bridgehead atoms. The first-order valence-corrected chi connectivity index (χ1v) is 8.18. The molecular weight excluding hydrogens is 346 g/mol. The van der Waals surface area contributed by atoms with Gasteiger partial charge >= 0.3 is 16.4 Å². The molecule has 24 heavy (non-hydrogen) atoms. The summed E-state index contributed by atoms with van der Waals surface area (Å²) in [5, 5.41) is 0.465. The predicted molar refractivity (Wildman–Crippen MR) is 77.8 cm³/mol. The smallest absolute Gasteiger partial charge is 0.320 e. The number of hydroxylamine groups is 2. The first-order valence-electron chi connectivity index (χ1n) is 6.81. The van der Waals surface area contributed by atoms with Crippen molar-refractivity contribution in [3.05, 3.63) is 11.6 Å². The van der Waals surface area contributed by atoms with Crippen LogP contribution in [0.25, 0.3) is 0 Å². The second kappa shape index (κ2) is 6.35. The molecule has 1 fully saturated rings. The number of amides is 4. The minimum absolute atomic E-state index is 0.0228. The average molecular weight is 363 g/mol. The van der Waals surface area contributed by atoms with Gasteiger partial charge in [-0.3, -0.25) is 25.0 Å². The van der Waals surface area contributed by atoms with Gasteiger partial charge in [0.2, 0.25) is 0 Å². The molecule has 0 aromatic carbocycles. The monoisotopic (exact) mass is 363 g/mol. The summed E-state index contributed by atoms with van der Waals surface area (Å²) >= 11 is 0. The number of nitrogens with zero attached hydrogens (tertiary/aromatic N) is 2. The minimum Gasteiger partial charge on any atom is -0.320 e. The van der Waals surface area contributed by atoms with Crippen LogP contribution in [0.1, 0.15) is 13.8 Å². The highest BCUT2D eigenvalue weighted by Crippen LogP contribution is 2.29. The average Bonchev–Trinajstić information content (AvgIpc) is 2.68. The largest absolute Gasteiger partial charge is 0.418 e. The van der Waals surface area contributed by atoms with E-state index in [1.807, 2.05) is 0 Å². The highest BCUT2D eigenvalue weighted by atomic mass is 32.3. The van der Waals surface area contributed by atoms with Gasteiger partial charge in [0.15, 0.2) is 0 Å². The molecule has 2 aliphatic rings. The van der Waals surface area contributed by atoms with Crippen molar-refractivity contribution in [2.45, 2.75) is 32.0 Å². The Hall–Kier alpha value is -2.22. The van der Waals surface area contributed by atoms with Crippen molar-refractivity contribution in [2.24, 2.45) is 5.73 Å². The summed E-state index contributed by atoms with van der Waals surface area (Å²) in [6.07, 6.45) is 1.46. The van der Waals surface area contributed by atoms with Gasteiger partial charge in [0.25, 0.3) is 11.8 Å². The molecule has 0 unspecified atom stereocenters. The predicted octanol–water partition coefficient (Wildman–Crippen LogP) is -2.35. The van der Waals surface area contributed by atoms with Gasteiger partial charge in [0, 0.05) is 0 Å². The van der Waals surface area contributed by atoms with Crippen LogP contribution >= 0.6 is 0 Å². The summed E-state index contributed by atoms with van der Waals surface area (Å²) in [4.78, 5) is 36.9. The van der Waals surface area contributed by atoms with E-state index in [0.717, 1.165) is 4.90 Å². The molecule has 0 aliphatic carbocycles. The highest BCUT2D eigenvalue weighted by Gasteiger charge is 2.48. The molecule has 2 rings (SSSR count). The van der Waals surface area contributed by atoms with E-state index in [2.05, 4.69) is 15.1 Å². The number of carbonyl (C=O) groups excluding carboxylic acids is 3. The maximum Gasteiger partial charge on any atom is 0.418 e. The van der Waals surface area contributed by atoms with Crippen molar-refractivity contribution < 1.29 is 31.6 Å². The molecule has 3 atom stereocenters. The van der Waals surface area contributed by atoms with Crippen LogP contribution in [-0.2, 0) is 24.3 Å². The Morgan fingerprint density at radius 2 is 2.08 bits per heavy atom. The molecule has 13 heteroatoms. The van der Waals surface area contributed by atoms with Gasteiger partial charge in [-0.25, -0.2) is 4.79 Å². The molecule has 0 radical (unpaired) electrons. The summed E-state index contributed by atoms with van der Waals surface area (Å²) in [5.41, 5.74) is 10.0.